The summed E-state index contributed by atoms with van der Waals surface area (Å²) in [6.07, 6.45) is 0. The van der Waals surface area contributed by atoms with E-state index < -0.39 is 0 Å². The van der Waals surface area contributed by atoms with Crippen molar-refractivity contribution in [2.75, 3.05) is 31.1 Å². The number of carbonyl (C=O) groups is 1. The van der Waals surface area contributed by atoms with Crippen LogP contribution in [0.3, 0.4) is 0 Å². The first-order valence-corrected chi connectivity index (χ1v) is 11.0. The lowest BCUT2D eigenvalue weighted by Gasteiger charge is -2.35. The Bertz CT molecular complexity index is 1060. The van der Waals surface area contributed by atoms with Gasteiger partial charge in [0.2, 0.25) is 5.95 Å². The smallest absolute Gasteiger partial charge is 0.253 e. The number of benzene rings is 2. The number of nitrogens with zero attached hydrogens (tertiary/aromatic N) is 3. The Morgan fingerprint density at radius 1 is 1.03 bits per heavy atom. The van der Waals surface area contributed by atoms with E-state index in [1.807, 2.05) is 40.1 Å². The Morgan fingerprint density at radius 3 is 2.43 bits per heavy atom. The van der Waals surface area contributed by atoms with E-state index in [9.17, 15) is 9.59 Å². The topological polar surface area (TPSA) is 69.3 Å². The third kappa shape index (κ3) is 4.91. The second kappa shape index (κ2) is 9.17. The van der Waals surface area contributed by atoms with Gasteiger partial charge in [-0.1, -0.05) is 35.9 Å². The number of amides is 1. The van der Waals surface area contributed by atoms with E-state index in [0.29, 0.717) is 43.4 Å². The molecule has 2 heterocycles. The van der Waals surface area contributed by atoms with Gasteiger partial charge in [0.15, 0.2) is 0 Å². The lowest BCUT2D eigenvalue weighted by atomic mass is 10.2. The van der Waals surface area contributed by atoms with Gasteiger partial charge in [0.05, 0.1) is 5.69 Å². The summed E-state index contributed by atoms with van der Waals surface area (Å²) in [5, 5.41) is 0. The molecule has 4 rings (SSSR count). The Morgan fingerprint density at radius 2 is 1.73 bits per heavy atom. The predicted molar refractivity (Wildman–Crippen MR) is 120 cm³/mol. The number of hydrogen-bond donors (Lipinski definition) is 1. The van der Waals surface area contributed by atoms with Gasteiger partial charge in [0, 0.05) is 48.5 Å². The molecule has 154 valence electrons. The highest BCUT2D eigenvalue weighted by Crippen LogP contribution is 2.22. The zero-order chi connectivity index (χ0) is 20.9. The van der Waals surface area contributed by atoms with Crippen molar-refractivity contribution in [1.29, 1.82) is 0 Å². The lowest BCUT2D eigenvalue weighted by Crippen LogP contribution is -2.49. The zero-order valence-electron chi connectivity index (χ0n) is 16.9. The minimum Gasteiger partial charge on any atom is -0.339 e. The van der Waals surface area contributed by atoms with Crippen LogP contribution < -0.4 is 10.5 Å². The van der Waals surface area contributed by atoms with Crippen molar-refractivity contribution in [2.45, 2.75) is 17.6 Å². The standard InChI is InChI=1S/C23H24N4O2S/c1-17-7-9-20(10-8-17)30-16-19-15-21(28)25-23(24-19)27-13-11-26(12-14-27)22(29)18-5-3-2-4-6-18/h2-10,15H,11-14,16H2,1H3,(H,24,25,28). The van der Waals surface area contributed by atoms with Crippen LogP contribution >= 0.6 is 11.8 Å². The molecule has 7 heteroatoms. The lowest BCUT2D eigenvalue weighted by molar-refractivity contribution is 0.0746. The molecular formula is C23H24N4O2S. The van der Waals surface area contributed by atoms with E-state index >= 15 is 0 Å². The minimum atomic E-state index is -0.151. The maximum Gasteiger partial charge on any atom is 0.253 e. The van der Waals surface area contributed by atoms with Crippen molar-refractivity contribution in [3.63, 3.8) is 0 Å². The minimum absolute atomic E-state index is 0.0416. The van der Waals surface area contributed by atoms with Gasteiger partial charge in [0.25, 0.3) is 11.5 Å². The third-order valence-corrected chi connectivity index (χ3v) is 6.12. The Balaban J connectivity index is 1.39. The first kappa shape index (κ1) is 20.2. The molecule has 0 atom stereocenters. The number of anilines is 1. The molecule has 0 unspecified atom stereocenters. The van der Waals surface area contributed by atoms with Crippen LogP contribution in [0.5, 0.6) is 0 Å². The van der Waals surface area contributed by atoms with Gasteiger partial charge in [-0.2, -0.15) is 0 Å². The first-order chi connectivity index (χ1) is 14.6. The highest BCUT2D eigenvalue weighted by Gasteiger charge is 2.23. The summed E-state index contributed by atoms with van der Waals surface area (Å²) in [4.78, 5) is 37.3. The summed E-state index contributed by atoms with van der Waals surface area (Å²) in [6, 6.07) is 19.2. The Hall–Kier alpha value is -3.06. The second-order valence-corrected chi connectivity index (χ2v) is 8.36. The molecule has 1 aliphatic rings. The molecule has 0 spiro atoms. The highest BCUT2D eigenvalue weighted by molar-refractivity contribution is 7.98. The van der Waals surface area contributed by atoms with Crippen LogP contribution in [-0.4, -0.2) is 47.0 Å². The monoisotopic (exact) mass is 420 g/mol. The van der Waals surface area contributed by atoms with Gasteiger partial charge in [-0.25, -0.2) is 4.98 Å². The number of rotatable bonds is 5. The molecule has 1 N–H and O–H groups in total. The predicted octanol–water partition coefficient (Wildman–Crippen LogP) is 3.33. The quantitative estimate of drug-likeness (QED) is 0.641. The molecule has 6 nitrogen and oxygen atoms in total. The average Bonchev–Trinajstić information content (AvgIpc) is 2.78. The van der Waals surface area contributed by atoms with Crippen LogP contribution in [0, 0.1) is 6.92 Å². The van der Waals surface area contributed by atoms with Gasteiger partial charge in [-0.05, 0) is 31.2 Å². The molecule has 1 aliphatic heterocycles. The summed E-state index contributed by atoms with van der Waals surface area (Å²) in [5.41, 5.74) is 2.53. The molecular weight excluding hydrogens is 396 g/mol. The molecule has 2 aromatic carbocycles. The maximum absolute atomic E-state index is 12.6. The van der Waals surface area contributed by atoms with Crippen molar-refractivity contribution in [3.8, 4) is 0 Å². The van der Waals surface area contributed by atoms with Gasteiger partial charge in [-0.15, -0.1) is 11.8 Å². The van der Waals surface area contributed by atoms with E-state index in [1.165, 1.54) is 5.56 Å². The molecule has 30 heavy (non-hydrogen) atoms. The molecule has 0 bridgehead atoms. The van der Waals surface area contributed by atoms with E-state index in [1.54, 1.807) is 17.8 Å². The normalized spacial score (nSPS) is 14.0. The fourth-order valence-corrected chi connectivity index (χ4v) is 4.18. The fraction of sp³-hybridized carbons (Fsp3) is 0.261. The maximum atomic E-state index is 12.6. The number of aryl methyl sites for hydroxylation is 1. The molecule has 1 saturated heterocycles. The molecule has 3 aromatic rings. The SMILES string of the molecule is Cc1ccc(SCc2cc(=O)[nH]c(N3CCN(C(=O)c4ccccc4)CC3)n2)cc1. The summed E-state index contributed by atoms with van der Waals surface area (Å²) in [6.45, 7) is 4.53. The van der Waals surface area contributed by atoms with Crippen molar-refractivity contribution >= 4 is 23.6 Å². The Kier molecular flexibility index (Phi) is 6.18. The van der Waals surface area contributed by atoms with Gasteiger partial charge >= 0.3 is 0 Å². The molecule has 1 aromatic heterocycles. The number of H-pyrrole nitrogens is 1. The first-order valence-electron chi connectivity index (χ1n) is 9.97. The van der Waals surface area contributed by atoms with E-state index in [-0.39, 0.29) is 11.5 Å². The van der Waals surface area contributed by atoms with Crippen LogP contribution in [-0.2, 0) is 5.75 Å². The number of carbonyl (C=O) groups excluding carboxylic acids is 1. The number of nitrogens with one attached hydrogen (secondary N) is 1. The summed E-state index contributed by atoms with van der Waals surface area (Å²) in [7, 11) is 0. The number of piperazine rings is 1. The molecule has 0 radical (unpaired) electrons. The summed E-state index contributed by atoms with van der Waals surface area (Å²) in [5.74, 6) is 1.25. The van der Waals surface area contributed by atoms with Crippen LogP contribution in [0.1, 0.15) is 21.6 Å². The van der Waals surface area contributed by atoms with Crippen LogP contribution in [0.4, 0.5) is 5.95 Å². The zero-order valence-corrected chi connectivity index (χ0v) is 17.7. The highest BCUT2D eigenvalue weighted by atomic mass is 32.2. The van der Waals surface area contributed by atoms with Gasteiger partial charge < -0.3 is 9.80 Å². The van der Waals surface area contributed by atoms with E-state index in [0.717, 1.165) is 10.6 Å². The van der Waals surface area contributed by atoms with Crippen molar-refractivity contribution in [1.82, 2.24) is 14.9 Å². The third-order valence-electron chi connectivity index (χ3n) is 5.08. The molecule has 1 fully saturated rings. The number of hydrogen-bond acceptors (Lipinski definition) is 5. The van der Waals surface area contributed by atoms with Gasteiger partial charge in [-0.3, -0.25) is 14.6 Å². The molecule has 0 aliphatic carbocycles. The van der Waals surface area contributed by atoms with Crippen molar-refractivity contribution in [3.05, 3.63) is 87.8 Å². The summed E-state index contributed by atoms with van der Waals surface area (Å²) >= 11 is 1.66. The van der Waals surface area contributed by atoms with Crippen molar-refractivity contribution in [2.24, 2.45) is 0 Å². The van der Waals surface area contributed by atoms with E-state index in [4.69, 9.17) is 0 Å². The number of aromatic nitrogens is 2. The fourth-order valence-electron chi connectivity index (χ4n) is 3.39. The average molecular weight is 421 g/mol. The van der Waals surface area contributed by atoms with Crippen LogP contribution in [0.15, 0.2) is 70.4 Å². The van der Waals surface area contributed by atoms with Crippen molar-refractivity contribution < 1.29 is 4.79 Å². The summed E-state index contributed by atoms with van der Waals surface area (Å²) < 4.78 is 0. The second-order valence-electron chi connectivity index (χ2n) is 7.31. The number of thioether (sulfide) groups is 1. The van der Waals surface area contributed by atoms with Gasteiger partial charge in [0.1, 0.15) is 0 Å². The molecule has 0 saturated carbocycles. The van der Waals surface area contributed by atoms with Crippen LogP contribution in [0.25, 0.3) is 0 Å². The van der Waals surface area contributed by atoms with E-state index in [2.05, 4.69) is 41.2 Å². The Labute approximate surface area is 179 Å². The molecule has 1 amide bonds. The largest absolute Gasteiger partial charge is 0.339 e. The van der Waals surface area contributed by atoms with Crippen LogP contribution in [0.2, 0.25) is 0 Å². The number of aromatic amines is 1.